The monoisotopic (exact) mass is 450 g/mol. The summed E-state index contributed by atoms with van der Waals surface area (Å²) in [6.07, 6.45) is 0.783. The Bertz CT molecular complexity index is 979. The Morgan fingerprint density at radius 2 is 1.67 bits per heavy atom. The second kappa shape index (κ2) is 11.1. The minimum atomic E-state index is -0.647. The number of nitrogens with zero attached hydrogens (tertiary/aromatic N) is 2. The van der Waals surface area contributed by atoms with Crippen molar-refractivity contribution >= 4 is 17.4 Å². The van der Waals surface area contributed by atoms with Crippen LogP contribution in [0.25, 0.3) is 5.76 Å². The molecular formula is C27H34N2O4. The summed E-state index contributed by atoms with van der Waals surface area (Å²) in [4.78, 5) is 30.0. The highest BCUT2D eigenvalue weighted by atomic mass is 16.5. The molecule has 1 N–H and O–H groups in total. The molecule has 1 saturated heterocycles. The van der Waals surface area contributed by atoms with Gasteiger partial charge in [0.1, 0.15) is 11.5 Å². The van der Waals surface area contributed by atoms with Crippen molar-refractivity contribution in [1.82, 2.24) is 9.80 Å². The Morgan fingerprint density at radius 3 is 2.24 bits per heavy atom. The summed E-state index contributed by atoms with van der Waals surface area (Å²) in [7, 11) is 0. The second-order valence-corrected chi connectivity index (χ2v) is 8.47. The van der Waals surface area contributed by atoms with Crippen LogP contribution in [-0.4, -0.2) is 58.9 Å². The molecule has 0 saturated carbocycles. The summed E-state index contributed by atoms with van der Waals surface area (Å²) in [5.74, 6) is -0.644. The van der Waals surface area contributed by atoms with Crippen LogP contribution in [0.15, 0.2) is 60.2 Å². The minimum absolute atomic E-state index is 0.0413. The fraction of sp³-hybridized carbons (Fsp3) is 0.407. The van der Waals surface area contributed by atoms with Crippen LogP contribution in [0, 0.1) is 0 Å². The maximum absolute atomic E-state index is 13.1. The number of aliphatic hydroxyl groups excluding tert-OH is 1. The number of hydrogen-bond acceptors (Lipinski definition) is 5. The zero-order valence-electron chi connectivity index (χ0n) is 20.0. The van der Waals surface area contributed by atoms with Crippen LogP contribution in [-0.2, 0) is 9.59 Å². The molecule has 1 atom stereocenters. The summed E-state index contributed by atoms with van der Waals surface area (Å²) in [5, 5.41) is 11.1. The molecule has 1 amide bonds. The third kappa shape index (κ3) is 5.63. The number of ketones is 1. The maximum Gasteiger partial charge on any atom is 0.295 e. The van der Waals surface area contributed by atoms with Crippen molar-refractivity contribution in [3.05, 3.63) is 71.3 Å². The predicted molar refractivity (Wildman–Crippen MR) is 130 cm³/mol. The van der Waals surface area contributed by atoms with Crippen molar-refractivity contribution in [2.75, 3.05) is 26.2 Å². The zero-order valence-corrected chi connectivity index (χ0v) is 20.0. The topological polar surface area (TPSA) is 70.1 Å². The highest BCUT2D eigenvalue weighted by molar-refractivity contribution is 6.46. The molecule has 6 heteroatoms. The van der Waals surface area contributed by atoms with E-state index in [1.807, 2.05) is 44.2 Å². The lowest BCUT2D eigenvalue weighted by Crippen LogP contribution is -2.33. The molecule has 0 unspecified atom stereocenters. The van der Waals surface area contributed by atoms with Crippen LogP contribution in [0.1, 0.15) is 51.3 Å². The number of ether oxygens (including phenoxy) is 1. The van der Waals surface area contributed by atoms with Gasteiger partial charge in [0.25, 0.3) is 11.7 Å². The lowest BCUT2D eigenvalue weighted by molar-refractivity contribution is -0.140. The van der Waals surface area contributed by atoms with Crippen molar-refractivity contribution in [3.63, 3.8) is 0 Å². The molecule has 6 nitrogen and oxygen atoms in total. The fourth-order valence-electron chi connectivity index (χ4n) is 4.21. The van der Waals surface area contributed by atoms with Gasteiger partial charge in [-0.05, 0) is 57.6 Å². The van der Waals surface area contributed by atoms with E-state index in [-0.39, 0.29) is 17.4 Å². The van der Waals surface area contributed by atoms with E-state index >= 15 is 0 Å². The smallest absolute Gasteiger partial charge is 0.295 e. The molecule has 176 valence electrons. The number of amides is 1. The molecule has 1 heterocycles. The molecule has 0 radical (unpaired) electrons. The van der Waals surface area contributed by atoms with E-state index in [0.717, 1.165) is 37.4 Å². The third-order valence-corrected chi connectivity index (χ3v) is 5.92. The van der Waals surface area contributed by atoms with Gasteiger partial charge in [0.15, 0.2) is 0 Å². The summed E-state index contributed by atoms with van der Waals surface area (Å²) in [6.45, 7) is 11.3. The first-order valence-electron chi connectivity index (χ1n) is 11.7. The van der Waals surface area contributed by atoms with E-state index < -0.39 is 17.7 Å². The van der Waals surface area contributed by atoms with Gasteiger partial charge in [0.2, 0.25) is 0 Å². The first-order chi connectivity index (χ1) is 15.9. The van der Waals surface area contributed by atoms with E-state index in [0.29, 0.717) is 12.1 Å². The summed E-state index contributed by atoms with van der Waals surface area (Å²) >= 11 is 0. The van der Waals surface area contributed by atoms with E-state index in [4.69, 9.17) is 4.74 Å². The van der Waals surface area contributed by atoms with Crippen molar-refractivity contribution < 1.29 is 19.4 Å². The first kappa shape index (κ1) is 24.5. The van der Waals surface area contributed by atoms with Gasteiger partial charge in [-0.1, -0.05) is 56.3 Å². The summed E-state index contributed by atoms with van der Waals surface area (Å²) in [5.41, 5.74) is 1.42. The largest absolute Gasteiger partial charge is 0.507 e. The number of likely N-dealkylation sites (tertiary alicyclic amines) is 1. The third-order valence-electron chi connectivity index (χ3n) is 5.92. The summed E-state index contributed by atoms with van der Waals surface area (Å²) in [6, 6.07) is 15.7. The van der Waals surface area contributed by atoms with Crippen LogP contribution >= 0.6 is 0 Å². The summed E-state index contributed by atoms with van der Waals surface area (Å²) < 4.78 is 5.75. The maximum atomic E-state index is 13.1. The predicted octanol–water partition coefficient (Wildman–Crippen LogP) is 4.63. The number of rotatable bonds is 10. The van der Waals surface area contributed by atoms with Crippen LogP contribution < -0.4 is 4.74 Å². The van der Waals surface area contributed by atoms with E-state index in [1.54, 1.807) is 29.2 Å². The molecule has 2 aromatic carbocycles. The second-order valence-electron chi connectivity index (χ2n) is 8.47. The zero-order chi connectivity index (χ0) is 24.0. The fourth-order valence-corrected chi connectivity index (χ4v) is 4.21. The first-order valence-corrected chi connectivity index (χ1v) is 11.7. The molecule has 1 fully saturated rings. The normalized spacial score (nSPS) is 17.9. The van der Waals surface area contributed by atoms with Crippen molar-refractivity contribution in [2.24, 2.45) is 0 Å². The Hall–Kier alpha value is -3.12. The van der Waals surface area contributed by atoms with Gasteiger partial charge in [-0.25, -0.2) is 0 Å². The number of carbonyl (C=O) groups excluding carboxylic acids is 2. The minimum Gasteiger partial charge on any atom is -0.507 e. The highest BCUT2D eigenvalue weighted by Gasteiger charge is 2.45. The van der Waals surface area contributed by atoms with E-state index in [9.17, 15) is 14.7 Å². The van der Waals surface area contributed by atoms with Gasteiger partial charge in [-0.3, -0.25) is 9.59 Å². The Kier molecular flexibility index (Phi) is 8.28. The number of hydrogen-bond donors (Lipinski definition) is 1. The lowest BCUT2D eigenvalue weighted by Gasteiger charge is -2.27. The Labute approximate surface area is 196 Å². The molecule has 1 aliphatic rings. The average molecular weight is 451 g/mol. The molecule has 0 aromatic heterocycles. The van der Waals surface area contributed by atoms with Crippen molar-refractivity contribution in [1.29, 1.82) is 0 Å². The SMILES string of the molecule is CCN(CC)CCCN1C(=O)C(=O)/C(=C(/O)c2ccccc2)[C@@H]1c1ccc(OC(C)C)cc1. The van der Waals surface area contributed by atoms with Gasteiger partial charge in [0, 0.05) is 12.1 Å². The molecule has 33 heavy (non-hydrogen) atoms. The van der Waals surface area contributed by atoms with Gasteiger partial charge in [-0.15, -0.1) is 0 Å². The van der Waals surface area contributed by atoms with Gasteiger partial charge >= 0.3 is 0 Å². The van der Waals surface area contributed by atoms with Gasteiger partial charge in [-0.2, -0.15) is 0 Å². The van der Waals surface area contributed by atoms with E-state index in [1.165, 1.54) is 0 Å². The molecule has 1 aliphatic heterocycles. The average Bonchev–Trinajstić information content (AvgIpc) is 3.07. The van der Waals surface area contributed by atoms with Crippen LogP contribution in [0.2, 0.25) is 0 Å². The Morgan fingerprint density at radius 1 is 1.03 bits per heavy atom. The van der Waals surface area contributed by atoms with E-state index in [2.05, 4.69) is 18.7 Å². The van der Waals surface area contributed by atoms with Crippen LogP contribution in [0.4, 0.5) is 0 Å². The van der Waals surface area contributed by atoms with Crippen LogP contribution in [0.3, 0.4) is 0 Å². The van der Waals surface area contributed by atoms with Crippen LogP contribution in [0.5, 0.6) is 5.75 Å². The lowest BCUT2D eigenvalue weighted by atomic mass is 9.95. The number of carbonyl (C=O) groups is 2. The van der Waals surface area contributed by atoms with Gasteiger partial charge < -0.3 is 19.6 Å². The number of Topliss-reactive ketones (excluding diaryl/α,β-unsaturated/α-hetero) is 1. The highest BCUT2D eigenvalue weighted by Crippen LogP contribution is 2.39. The molecular weight excluding hydrogens is 416 g/mol. The molecule has 2 aromatic rings. The number of benzene rings is 2. The molecule has 0 bridgehead atoms. The van der Waals surface area contributed by atoms with Crippen molar-refractivity contribution in [3.8, 4) is 5.75 Å². The quantitative estimate of drug-likeness (QED) is 0.325. The van der Waals surface area contributed by atoms with Gasteiger partial charge in [0.05, 0.1) is 17.7 Å². The van der Waals surface area contributed by atoms with Crippen molar-refractivity contribution in [2.45, 2.75) is 46.3 Å². The Balaban J connectivity index is 1.99. The molecule has 0 spiro atoms. The standard InChI is InChI=1S/C27H34N2O4/c1-5-28(6-2)17-10-18-29-24(20-13-15-22(16-14-20)33-19(3)4)23(26(31)27(29)32)25(30)21-11-8-7-9-12-21/h7-9,11-16,19,24,30H,5-6,10,17-18H2,1-4H3/b25-23+/t24-/m0/s1. The molecule has 0 aliphatic carbocycles. The number of aliphatic hydroxyl groups is 1. The molecule has 3 rings (SSSR count).